The highest BCUT2D eigenvalue weighted by Crippen LogP contribution is 2.32. The Labute approximate surface area is 213 Å². The van der Waals surface area contributed by atoms with Gasteiger partial charge in [0.05, 0.1) is 17.8 Å². The summed E-state index contributed by atoms with van der Waals surface area (Å²) in [4.78, 5) is 13.3. The van der Waals surface area contributed by atoms with Gasteiger partial charge >= 0.3 is 0 Å². The number of aliphatic hydroxyl groups is 1. The second-order valence-electron chi connectivity index (χ2n) is 10.4. The molecule has 1 aromatic heterocycles. The number of ether oxygens (including phenoxy) is 3. The van der Waals surface area contributed by atoms with Crippen LogP contribution in [0.25, 0.3) is 11.4 Å². The molecule has 1 aliphatic rings. The molecule has 0 aliphatic carbocycles. The fraction of sp³-hybridized carbons (Fsp3) is 0.654. The second kappa shape index (κ2) is 12.1. The maximum Gasteiger partial charge on any atom is 0.252 e. The number of rotatable bonds is 9. The average Bonchev–Trinajstić information content (AvgIpc) is 2.82. The minimum Gasteiger partial charge on any atom is -0.390 e. The molecule has 2 aromatic rings. The zero-order chi connectivity index (χ0) is 26.5. The molecular weight excluding hydrogens is 462 g/mol. The first-order valence-electron chi connectivity index (χ1n) is 12.6. The minimum absolute atomic E-state index is 0.0557. The summed E-state index contributed by atoms with van der Waals surface area (Å²) in [6.07, 6.45) is -1.73. The van der Waals surface area contributed by atoms with Crippen molar-refractivity contribution in [3.8, 4) is 11.4 Å². The van der Waals surface area contributed by atoms with Gasteiger partial charge in [-0.3, -0.25) is 4.79 Å². The van der Waals surface area contributed by atoms with Gasteiger partial charge in [-0.2, -0.15) is 0 Å². The molecule has 0 saturated carbocycles. The molecule has 36 heavy (non-hydrogen) atoms. The Kier molecular flexibility index (Phi) is 9.46. The van der Waals surface area contributed by atoms with E-state index in [0.717, 1.165) is 24.0 Å². The zero-order valence-electron chi connectivity index (χ0n) is 22.3. The summed E-state index contributed by atoms with van der Waals surface area (Å²) in [5.41, 5.74) is 1.08. The monoisotopic (exact) mass is 501 g/mol. The average molecular weight is 502 g/mol. The standard InChI is InChI=1S/C26H39N5O5/c1-8-9-15(2)34-25-16(3)20(32)21(36-26(5,6)7)22(35-25)24(33)27-14-18-10-12-19(13-11-18)23-30-28-17(4)29-31-23/h10-13,15-16,20-22,25,32H,8-9,14H2,1-7H3,(H,27,33)/t15?,16?,20?,21-,22?,25?/m0/s1. The lowest BCUT2D eigenvalue weighted by Crippen LogP contribution is -2.61. The van der Waals surface area contributed by atoms with E-state index in [-0.39, 0.29) is 24.5 Å². The van der Waals surface area contributed by atoms with Gasteiger partial charge in [0.1, 0.15) is 6.10 Å². The van der Waals surface area contributed by atoms with Crippen LogP contribution in [0.2, 0.25) is 0 Å². The molecule has 0 bridgehead atoms. The summed E-state index contributed by atoms with van der Waals surface area (Å²) in [7, 11) is 0. The van der Waals surface area contributed by atoms with E-state index in [1.165, 1.54) is 0 Å². The van der Waals surface area contributed by atoms with Crippen LogP contribution in [-0.2, 0) is 25.5 Å². The summed E-state index contributed by atoms with van der Waals surface area (Å²) in [6.45, 7) is 13.6. The van der Waals surface area contributed by atoms with Crippen LogP contribution in [0.5, 0.6) is 0 Å². The van der Waals surface area contributed by atoms with E-state index in [0.29, 0.717) is 11.6 Å². The predicted octanol–water partition coefficient (Wildman–Crippen LogP) is 2.97. The maximum atomic E-state index is 13.3. The molecule has 198 valence electrons. The molecule has 1 fully saturated rings. The summed E-state index contributed by atoms with van der Waals surface area (Å²) in [5.74, 6) is 0.205. The van der Waals surface area contributed by atoms with E-state index in [1.807, 2.05) is 58.9 Å². The van der Waals surface area contributed by atoms with Crippen molar-refractivity contribution < 1.29 is 24.1 Å². The molecule has 10 heteroatoms. The van der Waals surface area contributed by atoms with Gasteiger partial charge in [0.2, 0.25) is 5.82 Å². The molecule has 5 unspecified atom stereocenters. The molecule has 1 aromatic carbocycles. The van der Waals surface area contributed by atoms with Gasteiger partial charge in [0, 0.05) is 18.0 Å². The third kappa shape index (κ3) is 7.49. The number of amides is 1. The lowest BCUT2D eigenvalue weighted by Gasteiger charge is -2.45. The Hall–Kier alpha value is -2.53. The van der Waals surface area contributed by atoms with Crippen LogP contribution < -0.4 is 5.32 Å². The summed E-state index contributed by atoms with van der Waals surface area (Å²) >= 11 is 0. The third-order valence-corrected chi connectivity index (χ3v) is 5.95. The number of nitrogens with one attached hydrogen (secondary N) is 1. The molecule has 10 nitrogen and oxygen atoms in total. The van der Waals surface area contributed by atoms with Gasteiger partial charge < -0.3 is 24.6 Å². The normalized spacial score (nSPS) is 25.4. The molecule has 1 aliphatic heterocycles. The summed E-state index contributed by atoms with van der Waals surface area (Å²) < 4.78 is 18.3. The van der Waals surface area contributed by atoms with E-state index < -0.39 is 30.2 Å². The lowest BCUT2D eigenvalue weighted by molar-refractivity contribution is -0.298. The molecule has 2 N–H and O–H groups in total. The Morgan fingerprint density at radius 2 is 1.81 bits per heavy atom. The highest BCUT2D eigenvalue weighted by atomic mass is 16.7. The highest BCUT2D eigenvalue weighted by Gasteiger charge is 2.49. The summed E-state index contributed by atoms with van der Waals surface area (Å²) in [6, 6.07) is 7.45. The van der Waals surface area contributed by atoms with E-state index in [1.54, 1.807) is 6.92 Å². The van der Waals surface area contributed by atoms with E-state index in [9.17, 15) is 9.90 Å². The first kappa shape index (κ1) is 28.0. The Morgan fingerprint density at radius 3 is 2.39 bits per heavy atom. The number of aromatic nitrogens is 4. The van der Waals surface area contributed by atoms with Crippen molar-refractivity contribution in [3.05, 3.63) is 35.7 Å². The van der Waals surface area contributed by atoms with Gasteiger partial charge in [-0.25, -0.2) is 0 Å². The predicted molar refractivity (Wildman–Crippen MR) is 134 cm³/mol. The van der Waals surface area contributed by atoms with Crippen molar-refractivity contribution in [1.82, 2.24) is 25.7 Å². The van der Waals surface area contributed by atoms with Crippen LogP contribution in [-0.4, -0.2) is 67.7 Å². The summed E-state index contributed by atoms with van der Waals surface area (Å²) in [5, 5.41) is 30.0. The Balaban J connectivity index is 1.70. The SMILES string of the molecule is CCCC(C)OC1OC(C(=O)NCc2ccc(-c3nnc(C)nn3)cc2)[C@@H](OC(C)(C)C)C(O)C1C. The maximum absolute atomic E-state index is 13.3. The molecule has 1 amide bonds. The van der Waals surface area contributed by atoms with Gasteiger partial charge in [-0.05, 0) is 46.6 Å². The first-order valence-corrected chi connectivity index (χ1v) is 12.6. The number of hydrogen-bond acceptors (Lipinski definition) is 9. The van der Waals surface area contributed by atoms with Crippen LogP contribution in [0.1, 0.15) is 65.8 Å². The molecule has 0 spiro atoms. The number of aryl methyl sites for hydroxylation is 1. The fourth-order valence-corrected chi connectivity index (χ4v) is 4.05. The third-order valence-electron chi connectivity index (χ3n) is 5.95. The van der Waals surface area contributed by atoms with Crippen molar-refractivity contribution in [2.24, 2.45) is 5.92 Å². The Morgan fingerprint density at radius 1 is 1.17 bits per heavy atom. The number of nitrogens with zero attached hydrogens (tertiary/aromatic N) is 4. The van der Waals surface area contributed by atoms with Crippen LogP contribution >= 0.6 is 0 Å². The number of hydrogen-bond donors (Lipinski definition) is 2. The smallest absolute Gasteiger partial charge is 0.252 e. The van der Waals surface area contributed by atoms with Crippen LogP contribution in [0, 0.1) is 12.8 Å². The number of benzene rings is 1. The van der Waals surface area contributed by atoms with Crippen LogP contribution in [0.3, 0.4) is 0 Å². The molecular formula is C26H39N5O5. The molecule has 6 atom stereocenters. The number of carbonyl (C=O) groups excluding carboxylic acids is 1. The van der Waals surface area contributed by atoms with Crippen molar-refractivity contribution in [3.63, 3.8) is 0 Å². The second-order valence-corrected chi connectivity index (χ2v) is 10.4. The van der Waals surface area contributed by atoms with Crippen molar-refractivity contribution in [2.75, 3.05) is 0 Å². The minimum atomic E-state index is -1.02. The zero-order valence-corrected chi connectivity index (χ0v) is 22.3. The van der Waals surface area contributed by atoms with Crippen molar-refractivity contribution >= 4 is 5.91 Å². The topological polar surface area (TPSA) is 129 Å². The van der Waals surface area contributed by atoms with E-state index in [2.05, 4.69) is 32.6 Å². The largest absolute Gasteiger partial charge is 0.390 e. The first-order chi connectivity index (χ1) is 17.0. The highest BCUT2D eigenvalue weighted by molar-refractivity contribution is 5.81. The quantitative estimate of drug-likeness (QED) is 0.533. The van der Waals surface area contributed by atoms with Gasteiger partial charge in [-0.1, -0.05) is 44.5 Å². The fourth-order valence-electron chi connectivity index (χ4n) is 4.05. The molecule has 0 radical (unpaired) electrons. The van der Waals surface area contributed by atoms with Gasteiger partial charge in [0.15, 0.2) is 18.2 Å². The molecule has 3 rings (SSSR count). The lowest BCUT2D eigenvalue weighted by atomic mass is 9.91. The van der Waals surface area contributed by atoms with E-state index in [4.69, 9.17) is 14.2 Å². The van der Waals surface area contributed by atoms with Gasteiger partial charge in [-0.15, -0.1) is 20.4 Å². The Bertz CT molecular complexity index is 980. The van der Waals surface area contributed by atoms with E-state index >= 15 is 0 Å². The van der Waals surface area contributed by atoms with Gasteiger partial charge in [0.25, 0.3) is 5.91 Å². The molecule has 2 heterocycles. The van der Waals surface area contributed by atoms with Crippen molar-refractivity contribution in [1.29, 1.82) is 0 Å². The molecule has 1 saturated heterocycles. The number of carbonyl (C=O) groups is 1. The number of aliphatic hydroxyl groups excluding tert-OH is 1. The van der Waals surface area contributed by atoms with Crippen LogP contribution in [0.15, 0.2) is 24.3 Å². The van der Waals surface area contributed by atoms with Crippen LogP contribution in [0.4, 0.5) is 0 Å². The van der Waals surface area contributed by atoms with Crippen molar-refractivity contribution in [2.45, 2.75) is 104 Å².